The van der Waals surface area contributed by atoms with Crippen LogP contribution in [0.2, 0.25) is 0 Å². The highest BCUT2D eigenvalue weighted by Gasteiger charge is 2.35. The number of rotatable bonds is 2. The number of anilines is 1. The highest BCUT2D eigenvalue weighted by molar-refractivity contribution is 5.64. The Morgan fingerprint density at radius 2 is 2.06 bits per heavy atom. The highest BCUT2D eigenvalue weighted by Crippen LogP contribution is 2.39. The van der Waals surface area contributed by atoms with Crippen molar-refractivity contribution in [1.29, 1.82) is 0 Å². The van der Waals surface area contributed by atoms with Crippen molar-refractivity contribution in [3.05, 3.63) is 30.0 Å². The number of alkyl halides is 3. The number of benzene rings is 1. The lowest BCUT2D eigenvalue weighted by Gasteiger charge is -2.12. The van der Waals surface area contributed by atoms with E-state index in [1.807, 2.05) is 0 Å². The molecule has 0 aliphatic heterocycles. The molecule has 0 saturated heterocycles. The molecule has 2 rings (SSSR count). The van der Waals surface area contributed by atoms with E-state index >= 15 is 0 Å². The molecule has 7 heteroatoms. The molecule has 0 atom stereocenters. The number of oxazole rings is 1. The molecule has 0 saturated carbocycles. The first-order valence-corrected chi connectivity index (χ1v) is 4.88. The number of ether oxygens (including phenoxy) is 1. The Balaban J connectivity index is 2.60. The summed E-state index contributed by atoms with van der Waals surface area (Å²) in [7, 11) is 1.29. The largest absolute Gasteiger partial charge is 0.497 e. The summed E-state index contributed by atoms with van der Waals surface area (Å²) in [4.78, 5) is 3.57. The summed E-state index contributed by atoms with van der Waals surface area (Å²) in [5.74, 6) is 0.0704. The van der Waals surface area contributed by atoms with Gasteiger partial charge in [0.15, 0.2) is 5.76 Å². The van der Waals surface area contributed by atoms with Gasteiger partial charge in [-0.2, -0.15) is 13.2 Å². The molecule has 1 heterocycles. The minimum absolute atomic E-state index is 0.0394. The van der Waals surface area contributed by atoms with Gasteiger partial charge in [0.05, 0.1) is 18.9 Å². The summed E-state index contributed by atoms with van der Waals surface area (Å²) in [6.45, 7) is 0. The first-order chi connectivity index (χ1) is 8.41. The van der Waals surface area contributed by atoms with Crippen molar-refractivity contribution < 1.29 is 22.3 Å². The van der Waals surface area contributed by atoms with Crippen LogP contribution in [0.25, 0.3) is 11.3 Å². The van der Waals surface area contributed by atoms with Crippen LogP contribution in [0.3, 0.4) is 0 Å². The molecule has 0 aliphatic carbocycles. The van der Waals surface area contributed by atoms with Crippen LogP contribution in [0.1, 0.15) is 5.56 Å². The van der Waals surface area contributed by atoms with Crippen LogP contribution in [0.4, 0.5) is 19.2 Å². The number of nitrogens with two attached hydrogens (primary N) is 1. The zero-order valence-corrected chi connectivity index (χ0v) is 9.28. The number of hydrogen-bond acceptors (Lipinski definition) is 4. The van der Waals surface area contributed by atoms with Crippen LogP contribution in [0.15, 0.2) is 28.8 Å². The molecular formula is C11H9F3N2O2. The number of methoxy groups -OCH3 is 1. The van der Waals surface area contributed by atoms with Gasteiger partial charge in [0.1, 0.15) is 5.75 Å². The molecule has 0 spiro atoms. The van der Waals surface area contributed by atoms with Crippen LogP contribution in [-0.2, 0) is 6.18 Å². The van der Waals surface area contributed by atoms with Crippen molar-refractivity contribution in [2.75, 3.05) is 12.8 Å². The molecule has 1 aromatic heterocycles. The summed E-state index contributed by atoms with van der Waals surface area (Å²) in [6.07, 6.45) is -3.38. The van der Waals surface area contributed by atoms with E-state index in [1.54, 1.807) is 0 Å². The van der Waals surface area contributed by atoms with Crippen LogP contribution in [-0.4, -0.2) is 12.1 Å². The summed E-state index contributed by atoms with van der Waals surface area (Å²) in [6, 6.07) is 3.37. The summed E-state index contributed by atoms with van der Waals surface area (Å²) < 4.78 is 48.4. The molecule has 0 fully saturated rings. The first kappa shape index (κ1) is 12.3. The van der Waals surface area contributed by atoms with Gasteiger partial charge in [0, 0.05) is 5.56 Å². The predicted octanol–water partition coefficient (Wildman–Crippen LogP) is 2.95. The summed E-state index contributed by atoms with van der Waals surface area (Å²) >= 11 is 0. The Kier molecular flexibility index (Phi) is 2.90. The number of aromatic nitrogens is 1. The van der Waals surface area contributed by atoms with E-state index in [0.717, 1.165) is 12.3 Å². The lowest BCUT2D eigenvalue weighted by Crippen LogP contribution is -2.07. The Hall–Kier alpha value is -2.18. The minimum atomic E-state index is -4.52. The zero-order chi connectivity index (χ0) is 13.3. The van der Waals surface area contributed by atoms with Crippen molar-refractivity contribution in [1.82, 2.24) is 4.98 Å². The number of nitrogen functional groups attached to an aromatic ring is 1. The maximum absolute atomic E-state index is 12.9. The van der Waals surface area contributed by atoms with Gasteiger partial charge in [-0.05, 0) is 18.2 Å². The van der Waals surface area contributed by atoms with E-state index in [4.69, 9.17) is 14.9 Å². The van der Waals surface area contributed by atoms with Crippen LogP contribution in [0, 0.1) is 0 Å². The van der Waals surface area contributed by atoms with Gasteiger partial charge in [-0.25, -0.2) is 4.98 Å². The SMILES string of the molecule is COc1ccc(-c2cnc(N)o2)c(C(F)(F)F)c1. The molecule has 2 aromatic rings. The molecule has 0 unspecified atom stereocenters. The van der Waals surface area contributed by atoms with E-state index in [-0.39, 0.29) is 23.1 Å². The van der Waals surface area contributed by atoms with Gasteiger partial charge >= 0.3 is 6.18 Å². The van der Waals surface area contributed by atoms with Gasteiger partial charge < -0.3 is 14.9 Å². The number of nitrogens with zero attached hydrogens (tertiary/aromatic N) is 1. The van der Waals surface area contributed by atoms with E-state index in [1.165, 1.54) is 19.2 Å². The molecule has 2 N–H and O–H groups in total. The Morgan fingerprint density at radius 1 is 1.33 bits per heavy atom. The van der Waals surface area contributed by atoms with Crippen LogP contribution >= 0.6 is 0 Å². The fraction of sp³-hybridized carbons (Fsp3) is 0.182. The number of hydrogen-bond donors (Lipinski definition) is 1. The average Bonchev–Trinajstić information content (AvgIpc) is 2.74. The van der Waals surface area contributed by atoms with Gasteiger partial charge in [0.25, 0.3) is 6.01 Å². The summed E-state index contributed by atoms with van der Waals surface area (Å²) in [5.41, 5.74) is 4.25. The maximum atomic E-state index is 12.9. The molecule has 18 heavy (non-hydrogen) atoms. The molecule has 96 valence electrons. The van der Waals surface area contributed by atoms with Crippen LogP contribution < -0.4 is 10.5 Å². The topological polar surface area (TPSA) is 61.3 Å². The zero-order valence-electron chi connectivity index (χ0n) is 9.28. The Morgan fingerprint density at radius 3 is 2.56 bits per heavy atom. The smallest absolute Gasteiger partial charge is 0.417 e. The van der Waals surface area contributed by atoms with Gasteiger partial charge in [-0.1, -0.05) is 0 Å². The normalized spacial score (nSPS) is 11.6. The second-order valence-corrected chi connectivity index (χ2v) is 3.47. The van der Waals surface area contributed by atoms with Crippen molar-refractivity contribution in [3.63, 3.8) is 0 Å². The van der Waals surface area contributed by atoms with Crippen molar-refractivity contribution >= 4 is 6.01 Å². The fourth-order valence-corrected chi connectivity index (χ4v) is 1.51. The second kappa shape index (κ2) is 4.25. The van der Waals surface area contributed by atoms with Crippen molar-refractivity contribution in [2.45, 2.75) is 6.18 Å². The molecule has 1 aromatic carbocycles. The molecule has 0 aliphatic rings. The quantitative estimate of drug-likeness (QED) is 0.899. The molecular weight excluding hydrogens is 249 g/mol. The monoisotopic (exact) mass is 258 g/mol. The maximum Gasteiger partial charge on any atom is 0.417 e. The Bertz CT molecular complexity index is 564. The van der Waals surface area contributed by atoms with Gasteiger partial charge in [-0.15, -0.1) is 0 Å². The molecule has 0 amide bonds. The molecule has 0 bridgehead atoms. The minimum Gasteiger partial charge on any atom is -0.497 e. The van der Waals surface area contributed by atoms with Gasteiger partial charge in [0.2, 0.25) is 0 Å². The second-order valence-electron chi connectivity index (χ2n) is 3.47. The van der Waals surface area contributed by atoms with E-state index in [2.05, 4.69) is 4.98 Å². The summed E-state index contributed by atoms with van der Waals surface area (Å²) in [5, 5.41) is 0. The lowest BCUT2D eigenvalue weighted by molar-refractivity contribution is -0.137. The van der Waals surface area contributed by atoms with Gasteiger partial charge in [-0.3, -0.25) is 0 Å². The van der Waals surface area contributed by atoms with Crippen molar-refractivity contribution in [3.8, 4) is 17.1 Å². The Labute approximate surface area is 100 Å². The predicted molar refractivity (Wildman–Crippen MR) is 57.9 cm³/mol. The third-order valence-corrected chi connectivity index (χ3v) is 2.32. The lowest BCUT2D eigenvalue weighted by atomic mass is 10.0. The van der Waals surface area contributed by atoms with E-state index in [0.29, 0.717) is 0 Å². The standard InChI is InChI=1S/C11H9F3N2O2/c1-17-6-2-3-7(8(4-6)11(12,13)14)9-5-16-10(15)18-9/h2-5H,1H3,(H2,15,16). The highest BCUT2D eigenvalue weighted by atomic mass is 19.4. The third kappa shape index (κ3) is 2.24. The third-order valence-electron chi connectivity index (χ3n) is 2.32. The fourth-order valence-electron chi connectivity index (χ4n) is 1.51. The van der Waals surface area contributed by atoms with Crippen molar-refractivity contribution in [2.24, 2.45) is 0 Å². The average molecular weight is 258 g/mol. The number of halogens is 3. The first-order valence-electron chi connectivity index (χ1n) is 4.88. The van der Waals surface area contributed by atoms with E-state index < -0.39 is 11.7 Å². The van der Waals surface area contributed by atoms with E-state index in [9.17, 15) is 13.2 Å². The molecule has 0 radical (unpaired) electrons. The van der Waals surface area contributed by atoms with Crippen LogP contribution in [0.5, 0.6) is 5.75 Å². The molecule has 4 nitrogen and oxygen atoms in total.